The molecule has 0 radical (unpaired) electrons. The molecule has 0 bridgehead atoms. The average molecular weight is 444 g/mol. The maximum atomic E-state index is 11.3. The highest BCUT2D eigenvalue weighted by Gasteiger charge is 2.25. The summed E-state index contributed by atoms with van der Waals surface area (Å²) in [5.41, 5.74) is 3.12. The Bertz CT molecular complexity index is 1150. The van der Waals surface area contributed by atoms with Gasteiger partial charge in [0, 0.05) is 37.5 Å². The fraction of sp³-hybridized carbons (Fsp3) is 0.200. The van der Waals surface area contributed by atoms with E-state index in [9.17, 15) is 8.42 Å². The molecule has 0 spiro atoms. The van der Waals surface area contributed by atoms with Crippen molar-refractivity contribution in [2.24, 2.45) is 5.14 Å². The van der Waals surface area contributed by atoms with Gasteiger partial charge in [-0.3, -0.25) is 4.90 Å². The number of benzene rings is 2. The van der Waals surface area contributed by atoms with Crippen molar-refractivity contribution < 1.29 is 13.2 Å². The van der Waals surface area contributed by atoms with Gasteiger partial charge in [0.25, 0.3) is 0 Å². The van der Waals surface area contributed by atoms with Gasteiger partial charge in [-0.25, -0.2) is 23.5 Å². The zero-order valence-electron chi connectivity index (χ0n) is 16.3. The Morgan fingerprint density at radius 2 is 1.77 bits per heavy atom. The van der Waals surface area contributed by atoms with Crippen molar-refractivity contribution in [3.05, 3.63) is 66.0 Å². The normalized spacial score (nSPS) is 13.1. The summed E-state index contributed by atoms with van der Waals surface area (Å²) in [5.74, 6) is 0.789. The number of fused-ring (bicyclic) bond motifs is 2. The largest absolute Gasteiger partial charge is 0.364 e. The summed E-state index contributed by atoms with van der Waals surface area (Å²) >= 11 is 1.59. The molecule has 2 aromatic carbocycles. The fourth-order valence-electron chi connectivity index (χ4n) is 3.17. The number of hydrogen-bond donors (Lipinski definition) is 2. The molecule has 3 N–H and O–H groups in total. The van der Waals surface area contributed by atoms with Crippen LogP contribution in [0.15, 0.2) is 69.7 Å². The van der Waals surface area contributed by atoms with Crippen molar-refractivity contribution in [3.63, 3.8) is 0 Å². The third kappa shape index (κ3) is 4.47. The van der Waals surface area contributed by atoms with Gasteiger partial charge in [-0.15, -0.1) is 0 Å². The molecule has 1 aliphatic rings. The number of rotatable bonds is 7. The summed E-state index contributed by atoms with van der Waals surface area (Å²) in [4.78, 5) is 12.1. The van der Waals surface area contributed by atoms with E-state index in [4.69, 9.17) is 9.88 Å². The summed E-state index contributed by atoms with van der Waals surface area (Å²) in [6.07, 6.45) is 3.37. The number of methoxy groups -OCH3 is 1. The van der Waals surface area contributed by atoms with Crippen molar-refractivity contribution in [3.8, 4) is 0 Å². The van der Waals surface area contributed by atoms with E-state index in [1.54, 1.807) is 43.4 Å². The summed E-state index contributed by atoms with van der Waals surface area (Å²) in [7, 11) is -2.01. The molecule has 4 rings (SSSR count). The highest BCUT2D eigenvalue weighted by molar-refractivity contribution is 7.99. The quantitative estimate of drug-likeness (QED) is 0.573. The van der Waals surface area contributed by atoms with Crippen LogP contribution in [0.2, 0.25) is 0 Å². The van der Waals surface area contributed by atoms with Crippen LogP contribution in [-0.2, 0) is 27.8 Å². The molecule has 0 aliphatic carbocycles. The Hall–Kier alpha value is -2.50. The number of nitrogens with zero attached hydrogens (tertiary/aromatic N) is 3. The van der Waals surface area contributed by atoms with Crippen molar-refractivity contribution in [2.75, 3.05) is 18.7 Å². The van der Waals surface area contributed by atoms with Crippen LogP contribution in [-0.4, -0.2) is 32.2 Å². The second kappa shape index (κ2) is 8.70. The average Bonchev–Trinajstić information content (AvgIpc) is 2.74. The van der Waals surface area contributed by atoms with Crippen molar-refractivity contribution in [1.29, 1.82) is 0 Å². The Morgan fingerprint density at radius 3 is 2.50 bits per heavy atom. The predicted octanol–water partition coefficient (Wildman–Crippen LogP) is 2.62. The maximum Gasteiger partial charge on any atom is 0.238 e. The number of nitrogens with one attached hydrogen (secondary N) is 1. The first-order valence-corrected chi connectivity index (χ1v) is 11.5. The van der Waals surface area contributed by atoms with Crippen molar-refractivity contribution in [2.45, 2.75) is 27.9 Å². The van der Waals surface area contributed by atoms with E-state index in [0.29, 0.717) is 19.8 Å². The van der Waals surface area contributed by atoms with Gasteiger partial charge in [0.05, 0.1) is 10.6 Å². The Kier molecular flexibility index (Phi) is 6.02. The first kappa shape index (κ1) is 20.8. The van der Waals surface area contributed by atoms with Crippen LogP contribution in [0.4, 0.5) is 11.5 Å². The highest BCUT2D eigenvalue weighted by atomic mass is 32.2. The highest BCUT2D eigenvalue weighted by Crippen LogP contribution is 2.46. The SMILES string of the molecule is COCN1c2cc(CNCc3ccc(S(N)(=O)=O)cc3)ccc2Sc2nccnc21. The number of hydrogen-bond acceptors (Lipinski definition) is 8. The first-order chi connectivity index (χ1) is 14.5. The number of aromatic nitrogens is 2. The lowest BCUT2D eigenvalue weighted by Crippen LogP contribution is -2.25. The number of ether oxygens (including phenoxy) is 1. The van der Waals surface area contributed by atoms with Crippen LogP contribution >= 0.6 is 11.8 Å². The molecule has 0 fully saturated rings. The standard InChI is InChI=1S/C20H21N5O3S2/c1-28-13-25-17-10-15(4-7-18(17)29-20-19(25)23-8-9-24-20)12-22-11-14-2-5-16(6-3-14)30(21,26)27/h2-10,22H,11-13H2,1H3,(H2,21,26,27). The van der Waals surface area contributed by atoms with Crippen LogP contribution < -0.4 is 15.4 Å². The number of sulfonamides is 1. The van der Waals surface area contributed by atoms with Gasteiger partial charge in [-0.05, 0) is 35.4 Å². The summed E-state index contributed by atoms with van der Waals surface area (Å²) in [5, 5.41) is 9.38. The number of anilines is 2. The van der Waals surface area contributed by atoms with E-state index in [0.717, 1.165) is 32.6 Å². The second-order valence-electron chi connectivity index (χ2n) is 6.73. The van der Waals surface area contributed by atoms with Gasteiger partial charge in [0.15, 0.2) is 5.82 Å². The van der Waals surface area contributed by atoms with E-state index < -0.39 is 10.0 Å². The van der Waals surface area contributed by atoms with E-state index in [2.05, 4.69) is 33.5 Å². The molecular formula is C20H21N5O3S2. The number of nitrogens with two attached hydrogens (primary N) is 1. The van der Waals surface area contributed by atoms with Gasteiger partial charge in [-0.1, -0.05) is 30.0 Å². The molecular weight excluding hydrogens is 422 g/mol. The molecule has 0 atom stereocenters. The first-order valence-electron chi connectivity index (χ1n) is 9.16. The molecule has 1 aromatic heterocycles. The number of primary sulfonamides is 1. The smallest absolute Gasteiger partial charge is 0.238 e. The van der Waals surface area contributed by atoms with Crippen molar-refractivity contribution in [1.82, 2.24) is 15.3 Å². The zero-order chi connectivity index (χ0) is 21.1. The molecule has 2 heterocycles. The Balaban J connectivity index is 1.46. The van der Waals surface area contributed by atoms with Crippen LogP contribution in [0.25, 0.3) is 0 Å². The second-order valence-corrected chi connectivity index (χ2v) is 9.32. The third-order valence-electron chi connectivity index (χ3n) is 4.59. The van der Waals surface area contributed by atoms with Gasteiger partial charge in [-0.2, -0.15) is 0 Å². The van der Waals surface area contributed by atoms with E-state index in [1.807, 2.05) is 4.90 Å². The molecule has 8 nitrogen and oxygen atoms in total. The molecule has 10 heteroatoms. The topological polar surface area (TPSA) is 110 Å². The summed E-state index contributed by atoms with van der Waals surface area (Å²) in [6.45, 7) is 1.64. The lowest BCUT2D eigenvalue weighted by molar-refractivity contribution is 0.204. The predicted molar refractivity (Wildman–Crippen MR) is 115 cm³/mol. The minimum Gasteiger partial charge on any atom is -0.364 e. The molecule has 1 aliphatic heterocycles. The zero-order valence-corrected chi connectivity index (χ0v) is 17.9. The van der Waals surface area contributed by atoms with E-state index in [1.165, 1.54) is 12.1 Å². The van der Waals surface area contributed by atoms with E-state index >= 15 is 0 Å². The minimum atomic E-state index is -3.67. The van der Waals surface area contributed by atoms with Gasteiger partial charge < -0.3 is 10.1 Å². The van der Waals surface area contributed by atoms with Gasteiger partial charge in [0.2, 0.25) is 10.0 Å². The lowest BCUT2D eigenvalue weighted by Gasteiger charge is -2.30. The summed E-state index contributed by atoms with van der Waals surface area (Å²) in [6, 6.07) is 12.8. The molecule has 0 saturated carbocycles. The van der Waals surface area contributed by atoms with Gasteiger partial charge in [0.1, 0.15) is 11.8 Å². The van der Waals surface area contributed by atoms with E-state index in [-0.39, 0.29) is 4.90 Å². The Labute approximate surface area is 179 Å². The minimum absolute atomic E-state index is 0.111. The van der Waals surface area contributed by atoms with Crippen LogP contribution in [0, 0.1) is 0 Å². The van der Waals surface area contributed by atoms with Crippen molar-refractivity contribution >= 4 is 33.3 Å². The Morgan fingerprint density at radius 1 is 1.07 bits per heavy atom. The maximum absolute atomic E-state index is 11.3. The fourth-order valence-corrected chi connectivity index (χ4v) is 4.67. The lowest BCUT2D eigenvalue weighted by atomic mass is 10.1. The monoisotopic (exact) mass is 443 g/mol. The molecule has 156 valence electrons. The molecule has 0 saturated heterocycles. The molecule has 0 amide bonds. The molecule has 3 aromatic rings. The molecule has 30 heavy (non-hydrogen) atoms. The summed E-state index contributed by atoms with van der Waals surface area (Å²) < 4.78 is 28.1. The van der Waals surface area contributed by atoms with Crippen LogP contribution in [0.1, 0.15) is 11.1 Å². The van der Waals surface area contributed by atoms with Crippen LogP contribution in [0.5, 0.6) is 0 Å². The van der Waals surface area contributed by atoms with Gasteiger partial charge >= 0.3 is 0 Å². The van der Waals surface area contributed by atoms with Crippen LogP contribution in [0.3, 0.4) is 0 Å². The third-order valence-corrected chi connectivity index (χ3v) is 6.57. The molecule has 0 unspecified atom stereocenters.